The largest absolute Gasteiger partial charge is 0.508 e. The number of aromatic amines is 1. The second-order valence-corrected chi connectivity index (χ2v) is 19.7. The molecule has 80 heavy (non-hydrogen) atoms. The fourth-order valence-corrected chi connectivity index (χ4v) is 9.11. The molecule has 2 heterocycles. The van der Waals surface area contributed by atoms with Crippen LogP contribution < -0.4 is 71.6 Å². The number of unbranched alkanes of at least 4 members (excludes halogenated alkanes) is 3. The maximum absolute atomic E-state index is 14.6. The highest BCUT2D eigenvalue weighted by Crippen LogP contribution is 2.22. The molecule has 1 aromatic heterocycles. The molecule has 27 heteroatoms. The Balaban J connectivity index is 1.54. The highest BCUT2D eigenvalue weighted by molar-refractivity contribution is 5.98. The van der Waals surface area contributed by atoms with Crippen LogP contribution in [-0.2, 0) is 56.0 Å². The molecule has 2 aromatic carbocycles. The van der Waals surface area contributed by atoms with Crippen LogP contribution in [0.25, 0.3) is 10.9 Å². The summed E-state index contributed by atoms with van der Waals surface area (Å²) in [6.45, 7) is 0.0842. The number of aliphatic carboxylic acids is 1. The molecule has 4 rings (SSSR count). The molecular weight excluding hydrogens is 1040 g/mol. The van der Waals surface area contributed by atoms with E-state index < -0.39 is 109 Å². The quantitative estimate of drug-likeness (QED) is 0.0158. The summed E-state index contributed by atoms with van der Waals surface area (Å²) in [6, 6.07) is 4.89. The first-order valence-electron chi connectivity index (χ1n) is 27.2. The molecule has 0 radical (unpaired) electrons. The minimum absolute atomic E-state index is 0.0435. The van der Waals surface area contributed by atoms with Gasteiger partial charge in [-0.3, -0.25) is 43.3 Å². The number of aromatic hydroxyl groups is 1. The van der Waals surface area contributed by atoms with Crippen LogP contribution in [0.3, 0.4) is 0 Å². The number of amides is 8. The molecule has 1 aliphatic heterocycles. The van der Waals surface area contributed by atoms with E-state index in [1.165, 1.54) is 29.2 Å². The third kappa shape index (κ3) is 21.7. The second-order valence-electron chi connectivity index (χ2n) is 19.7. The number of aliphatic imine (C=N–C) groups is 1. The molecule has 1 fully saturated rings. The monoisotopic (exact) mass is 1120 g/mol. The molecule has 3 aromatic rings. The number of likely N-dealkylation sites (tertiary alicyclic amines) is 1. The van der Waals surface area contributed by atoms with E-state index in [9.17, 15) is 53.4 Å². The third-order valence-electron chi connectivity index (χ3n) is 13.5. The number of carbonyl (C=O) groups is 9. The van der Waals surface area contributed by atoms with Gasteiger partial charge < -0.3 is 91.7 Å². The lowest BCUT2D eigenvalue weighted by Crippen LogP contribution is -2.58. The summed E-state index contributed by atoms with van der Waals surface area (Å²) in [7, 11) is 0. The Hall–Kier alpha value is -7.88. The SMILES string of the molecule is NCCCC[C@H](NC(=O)CNC(=O)[C@@H]1CCCN1C(=O)[C@H](CCCCN)NC(=O)[C@H](Cc1c[nH]c2ccccc12)NC(=O)CNC(=O)[C@H](Cc1ccc(O)cc1)NC(=O)[C@H](CCCN=C(N)N)NC(=O)[C@@H](N)CCCCN)C(=O)O. The molecule has 440 valence electrons. The van der Waals surface area contributed by atoms with Gasteiger partial charge in [0.2, 0.25) is 47.3 Å². The van der Waals surface area contributed by atoms with Crippen LogP contribution in [0.2, 0.25) is 0 Å². The number of carboxylic acids is 1. The molecule has 0 saturated carbocycles. The second kappa shape index (κ2) is 34.2. The number of para-hydroxylation sites is 1. The molecule has 7 atom stereocenters. The zero-order valence-corrected chi connectivity index (χ0v) is 45.2. The lowest BCUT2D eigenvalue weighted by Gasteiger charge is -2.30. The molecule has 1 saturated heterocycles. The van der Waals surface area contributed by atoms with E-state index >= 15 is 0 Å². The number of phenols is 1. The Morgan fingerprint density at radius 3 is 1.85 bits per heavy atom. The number of carbonyl (C=O) groups excluding carboxylic acids is 8. The average Bonchev–Trinajstić information content (AvgIpc) is 4.11. The minimum Gasteiger partial charge on any atom is -0.508 e. The van der Waals surface area contributed by atoms with Crippen molar-refractivity contribution in [3.63, 3.8) is 0 Å². The van der Waals surface area contributed by atoms with Gasteiger partial charge in [-0.25, -0.2) is 4.79 Å². The zero-order valence-electron chi connectivity index (χ0n) is 45.2. The van der Waals surface area contributed by atoms with Crippen molar-refractivity contribution >= 4 is 70.1 Å². The number of guanidine groups is 1. The highest BCUT2D eigenvalue weighted by Gasteiger charge is 2.39. The number of H-pyrrole nitrogens is 1. The summed E-state index contributed by atoms with van der Waals surface area (Å²) in [5.74, 6) is -7.19. The Morgan fingerprint density at radius 2 is 1.20 bits per heavy atom. The molecule has 0 spiro atoms. The van der Waals surface area contributed by atoms with Crippen LogP contribution in [0.1, 0.15) is 94.6 Å². The maximum atomic E-state index is 14.6. The smallest absolute Gasteiger partial charge is 0.326 e. The van der Waals surface area contributed by atoms with Crippen molar-refractivity contribution in [2.75, 3.05) is 45.8 Å². The van der Waals surface area contributed by atoms with E-state index in [1.807, 2.05) is 18.2 Å². The highest BCUT2D eigenvalue weighted by atomic mass is 16.4. The molecule has 22 N–H and O–H groups in total. The Kier molecular flexibility index (Phi) is 27.6. The van der Waals surface area contributed by atoms with E-state index in [1.54, 1.807) is 12.3 Å². The number of carboxylic acid groups (broad SMARTS) is 1. The van der Waals surface area contributed by atoms with Crippen LogP contribution in [0.15, 0.2) is 59.7 Å². The van der Waals surface area contributed by atoms with Gasteiger partial charge in [0, 0.05) is 43.0 Å². The lowest BCUT2D eigenvalue weighted by molar-refractivity contribution is -0.143. The maximum Gasteiger partial charge on any atom is 0.326 e. The predicted octanol–water partition coefficient (Wildman–Crippen LogP) is -2.84. The van der Waals surface area contributed by atoms with E-state index in [4.69, 9.17) is 34.4 Å². The molecule has 8 amide bonds. The number of aromatic nitrogens is 1. The van der Waals surface area contributed by atoms with Crippen LogP contribution in [0, 0.1) is 0 Å². The van der Waals surface area contributed by atoms with Gasteiger partial charge in [0.15, 0.2) is 5.96 Å². The molecule has 27 nitrogen and oxygen atoms in total. The first-order chi connectivity index (χ1) is 38.3. The predicted molar refractivity (Wildman–Crippen MR) is 298 cm³/mol. The summed E-state index contributed by atoms with van der Waals surface area (Å²) in [4.78, 5) is 131. The van der Waals surface area contributed by atoms with E-state index in [2.05, 4.69) is 47.2 Å². The third-order valence-corrected chi connectivity index (χ3v) is 13.5. The van der Waals surface area contributed by atoms with Crippen molar-refractivity contribution in [3.05, 3.63) is 65.9 Å². The van der Waals surface area contributed by atoms with Crippen LogP contribution in [0.4, 0.5) is 0 Å². The summed E-state index contributed by atoms with van der Waals surface area (Å²) < 4.78 is 0. The van der Waals surface area contributed by atoms with Crippen LogP contribution in [-0.4, -0.2) is 167 Å². The summed E-state index contributed by atoms with van der Waals surface area (Å²) >= 11 is 0. The first-order valence-corrected chi connectivity index (χ1v) is 27.2. The molecule has 0 aliphatic carbocycles. The van der Waals surface area contributed by atoms with E-state index in [0.29, 0.717) is 75.6 Å². The van der Waals surface area contributed by atoms with Crippen molar-refractivity contribution in [2.24, 2.45) is 39.4 Å². The first kappa shape index (κ1) is 64.6. The number of hydrogen-bond acceptors (Lipinski definition) is 15. The number of nitrogens with zero attached hydrogens (tertiary/aromatic N) is 2. The number of nitrogens with one attached hydrogen (secondary N) is 8. The van der Waals surface area contributed by atoms with Crippen molar-refractivity contribution < 1.29 is 53.4 Å². The van der Waals surface area contributed by atoms with Crippen molar-refractivity contribution in [1.82, 2.24) is 47.1 Å². The lowest BCUT2D eigenvalue weighted by atomic mass is 10.0. The topological polar surface area (TPSA) is 466 Å². The van der Waals surface area contributed by atoms with Gasteiger partial charge in [0.1, 0.15) is 42.0 Å². The van der Waals surface area contributed by atoms with Gasteiger partial charge >= 0.3 is 5.97 Å². The standard InChI is InChI=1S/C53H82N16O11/c54-22-6-3-12-36(57)46(73)66-38(16-9-25-60-53(58)59)48(75)68-41(27-32-18-20-34(70)21-19-32)47(74)62-30-45(72)65-42(28-33-29-61-37-13-2-1-11-35(33)37)49(76)67-39(14-4-7-23-55)51(78)69-26-10-17-43(69)50(77)63-31-44(71)64-40(52(79)80)15-5-8-24-56/h1-2,11,13,18-21,29,36,38-43,61,70H,3-10,12,14-17,22-28,30-31,54-57H2,(H,62,74)(H,63,77)(H,64,71)(H,65,72)(H,66,73)(H,67,76)(H,68,75)(H,79,80)(H4,58,59,60)/t36-,38-,39-,40-,41-,42-,43-/m0/s1. The van der Waals surface area contributed by atoms with E-state index in [-0.39, 0.29) is 76.3 Å². The van der Waals surface area contributed by atoms with Crippen molar-refractivity contribution in [3.8, 4) is 5.75 Å². The molecule has 0 unspecified atom stereocenters. The van der Waals surface area contributed by atoms with Gasteiger partial charge in [-0.2, -0.15) is 0 Å². The van der Waals surface area contributed by atoms with Gasteiger partial charge in [-0.1, -0.05) is 36.8 Å². The normalized spacial score (nSPS) is 15.2. The number of nitrogens with two attached hydrogens (primary N) is 6. The van der Waals surface area contributed by atoms with Crippen molar-refractivity contribution in [1.29, 1.82) is 0 Å². The Morgan fingerprint density at radius 1 is 0.637 bits per heavy atom. The number of benzene rings is 2. The number of hydrogen-bond donors (Lipinski definition) is 16. The summed E-state index contributed by atoms with van der Waals surface area (Å²) in [5.41, 5.74) is 35.9. The Bertz CT molecular complexity index is 2560. The number of fused-ring (bicyclic) bond motifs is 1. The fraction of sp³-hybridized carbons (Fsp3) is 0.547. The van der Waals surface area contributed by atoms with Crippen LogP contribution in [0.5, 0.6) is 5.75 Å². The van der Waals surface area contributed by atoms with E-state index in [0.717, 1.165) is 10.9 Å². The molecule has 0 bridgehead atoms. The van der Waals surface area contributed by atoms with Gasteiger partial charge in [-0.05, 0) is 126 Å². The Labute approximate surface area is 464 Å². The summed E-state index contributed by atoms with van der Waals surface area (Å²) in [6.07, 6.45) is 6.11. The number of rotatable bonds is 36. The average molecular weight is 1120 g/mol. The van der Waals surface area contributed by atoms with Gasteiger partial charge in [-0.15, -0.1) is 0 Å². The van der Waals surface area contributed by atoms with Gasteiger partial charge in [0.05, 0.1) is 19.1 Å². The summed E-state index contributed by atoms with van der Waals surface area (Å²) in [5, 5.41) is 38.6. The van der Waals surface area contributed by atoms with Gasteiger partial charge in [0.25, 0.3) is 0 Å². The fourth-order valence-electron chi connectivity index (χ4n) is 9.11. The van der Waals surface area contributed by atoms with Crippen molar-refractivity contribution in [2.45, 2.75) is 139 Å². The number of phenolic OH excluding ortho intramolecular Hbond substituents is 1. The zero-order chi connectivity index (χ0) is 58.6. The van der Waals surface area contributed by atoms with Crippen LogP contribution >= 0.6 is 0 Å². The molecular formula is C53H82N16O11. The minimum atomic E-state index is -1.35. The molecule has 1 aliphatic rings.